The van der Waals surface area contributed by atoms with E-state index < -0.39 is 45.4 Å². The molecule has 296 valence electrons. The fourth-order valence-electron chi connectivity index (χ4n) is 12.3. The van der Waals surface area contributed by atoms with Gasteiger partial charge in [-0.3, -0.25) is 19.6 Å². The van der Waals surface area contributed by atoms with Crippen molar-refractivity contribution in [2.24, 2.45) is 21.7 Å². The lowest BCUT2D eigenvalue weighted by Crippen LogP contribution is -2.57. The summed E-state index contributed by atoms with van der Waals surface area (Å²) < 4.78 is 105. The second-order valence-corrected chi connectivity index (χ2v) is 19.6. The summed E-state index contributed by atoms with van der Waals surface area (Å²) in [6.45, 7) is 5.74. The van der Waals surface area contributed by atoms with Crippen LogP contribution in [-0.4, -0.2) is 165 Å². The van der Waals surface area contributed by atoms with Crippen molar-refractivity contribution in [2.45, 2.75) is 123 Å². The monoisotopic (exact) mass is 756 g/mol. The summed E-state index contributed by atoms with van der Waals surface area (Å²) in [4.78, 5) is 8.14. The molecule has 0 aromatic carbocycles. The first-order valence-corrected chi connectivity index (χ1v) is 19.1. The standard InChI is InChI=1S/4C9H13F2NO/c4*10-9(11)4-7(9)3-8(6-13)1-2-12(8)5-7/h4*13H,1-6H2/t4*7-,8?/m1100/s1. The Morgan fingerprint density at radius 1 is 0.327 bits per heavy atom. The molecule has 12 fully saturated rings. The molecule has 0 aromatic heterocycles. The van der Waals surface area contributed by atoms with Crippen LogP contribution in [0, 0.1) is 21.7 Å². The van der Waals surface area contributed by atoms with E-state index in [0.717, 1.165) is 51.9 Å². The average molecular weight is 757 g/mol. The Morgan fingerprint density at radius 3 is 0.577 bits per heavy atom. The number of fused-ring (bicyclic) bond motifs is 4. The first-order valence-electron chi connectivity index (χ1n) is 19.1. The maximum atomic E-state index is 13.1. The van der Waals surface area contributed by atoms with Gasteiger partial charge in [0.25, 0.3) is 23.7 Å². The van der Waals surface area contributed by atoms with Crippen molar-refractivity contribution in [3.63, 3.8) is 0 Å². The van der Waals surface area contributed by atoms with Crippen molar-refractivity contribution in [1.82, 2.24) is 19.6 Å². The molecule has 0 aromatic rings. The number of hydrogen-bond donors (Lipinski definition) is 4. The largest absolute Gasteiger partial charge is 0.394 e. The van der Waals surface area contributed by atoms with Gasteiger partial charge in [0.15, 0.2) is 0 Å². The molecule has 8 heterocycles. The highest BCUT2D eigenvalue weighted by atomic mass is 19.3. The van der Waals surface area contributed by atoms with E-state index in [2.05, 4.69) is 0 Å². The Bertz CT molecular complexity index is 1280. The molecule has 4 unspecified atom stereocenters. The Morgan fingerprint density at radius 2 is 0.500 bits per heavy atom. The van der Waals surface area contributed by atoms with Crippen LogP contribution in [0.2, 0.25) is 0 Å². The molecule has 8 saturated heterocycles. The summed E-state index contributed by atoms with van der Waals surface area (Å²) >= 11 is 0. The van der Waals surface area contributed by atoms with E-state index in [0.29, 0.717) is 51.9 Å². The number of nitrogens with zero attached hydrogens (tertiary/aromatic N) is 4. The van der Waals surface area contributed by atoms with Gasteiger partial charge in [-0.15, -0.1) is 0 Å². The summed E-state index contributed by atoms with van der Waals surface area (Å²) in [7, 11) is 0. The van der Waals surface area contributed by atoms with Gasteiger partial charge in [-0.2, -0.15) is 0 Å². The summed E-state index contributed by atoms with van der Waals surface area (Å²) in [5, 5.41) is 36.8. The molecule has 0 amide bonds. The highest BCUT2D eigenvalue weighted by Gasteiger charge is 2.80. The topological polar surface area (TPSA) is 93.9 Å². The number of aliphatic hydroxyl groups excluding tert-OH is 4. The predicted octanol–water partition coefficient (Wildman–Crippen LogP) is 3.41. The van der Waals surface area contributed by atoms with Gasteiger partial charge in [-0.1, -0.05) is 0 Å². The minimum absolute atomic E-state index is 0.0399. The van der Waals surface area contributed by atoms with E-state index in [-0.39, 0.29) is 74.3 Å². The van der Waals surface area contributed by atoms with Gasteiger partial charge in [0, 0.05) is 100 Å². The van der Waals surface area contributed by atoms with Crippen LogP contribution in [0.4, 0.5) is 35.1 Å². The van der Waals surface area contributed by atoms with E-state index in [1.165, 1.54) is 0 Å². The zero-order valence-electron chi connectivity index (χ0n) is 29.6. The van der Waals surface area contributed by atoms with Crippen molar-refractivity contribution in [3.8, 4) is 0 Å². The number of aliphatic hydroxyl groups is 4. The fraction of sp³-hybridized carbons (Fsp3) is 1.00. The molecule has 0 bridgehead atoms. The fourth-order valence-corrected chi connectivity index (χ4v) is 12.3. The average Bonchev–Trinajstić information content (AvgIpc) is 3.94. The first kappa shape index (κ1) is 36.7. The Hall–Kier alpha value is -0.880. The van der Waals surface area contributed by atoms with Crippen molar-refractivity contribution in [2.75, 3.05) is 78.8 Å². The summed E-state index contributed by atoms with van der Waals surface area (Å²) in [6, 6.07) is 0. The van der Waals surface area contributed by atoms with Crippen molar-refractivity contribution in [1.29, 1.82) is 0 Å². The van der Waals surface area contributed by atoms with Crippen LogP contribution in [0.3, 0.4) is 0 Å². The number of rotatable bonds is 4. The van der Waals surface area contributed by atoms with Gasteiger partial charge < -0.3 is 20.4 Å². The normalized spacial score (nSPS) is 51.9. The van der Waals surface area contributed by atoms with E-state index in [1.54, 1.807) is 0 Å². The molecular formula is C36H52F8N4O4. The number of hydrogen-bond acceptors (Lipinski definition) is 8. The maximum absolute atomic E-state index is 13.1. The summed E-state index contributed by atoms with van der Waals surface area (Å²) in [5.74, 6) is -9.81. The lowest BCUT2D eigenvalue weighted by molar-refractivity contribution is -0.0190. The Kier molecular flexibility index (Phi) is 7.45. The summed E-state index contributed by atoms with van der Waals surface area (Å²) in [5.41, 5.74) is -4.09. The second kappa shape index (κ2) is 10.5. The molecule has 52 heavy (non-hydrogen) atoms. The lowest BCUT2D eigenvalue weighted by Gasteiger charge is -2.46. The zero-order chi connectivity index (χ0) is 37.3. The van der Waals surface area contributed by atoms with Crippen molar-refractivity contribution < 1.29 is 55.5 Å². The van der Waals surface area contributed by atoms with Gasteiger partial charge >= 0.3 is 0 Å². The quantitative estimate of drug-likeness (QED) is 0.325. The van der Waals surface area contributed by atoms with Gasteiger partial charge in [-0.25, -0.2) is 35.1 Å². The van der Waals surface area contributed by atoms with Crippen LogP contribution in [-0.2, 0) is 0 Å². The molecule has 8 nitrogen and oxygen atoms in total. The second-order valence-electron chi connectivity index (χ2n) is 19.6. The number of halogens is 8. The molecular weight excluding hydrogens is 704 g/mol. The van der Waals surface area contributed by atoms with Gasteiger partial charge in [0.05, 0.1) is 48.1 Å². The van der Waals surface area contributed by atoms with Crippen molar-refractivity contribution in [3.05, 3.63) is 0 Å². The number of alkyl halides is 8. The maximum Gasteiger partial charge on any atom is 0.255 e. The zero-order valence-corrected chi connectivity index (χ0v) is 29.6. The van der Waals surface area contributed by atoms with E-state index >= 15 is 0 Å². The molecule has 0 radical (unpaired) electrons. The third kappa shape index (κ3) is 4.73. The van der Waals surface area contributed by atoms with E-state index in [9.17, 15) is 55.5 Å². The molecule has 12 rings (SSSR count). The van der Waals surface area contributed by atoms with Crippen LogP contribution >= 0.6 is 0 Å². The third-order valence-corrected chi connectivity index (χ3v) is 16.7. The van der Waals surface area contributed by atoms with Gasteiger partial charge in [0.2, 0.25) is 0 Å². The lowest BCUT2D eigenvalue weighted by atomic mass is 9.83. The predicted molar refractivity (Wildman–Crippen MR) is 170 cm³/mol. The summed E-state index contributed by atoms with van der Waals surface area (Å²) in [6.07, 6.45) is 5.73. The van der Waals surface area contributed by atoms with Crippen LogP contribution in [0.5, 0.6) is 0 Å². The molecule has 12 aliphatic rings. The van der Waals surface area contributed by atoms with Crippen molar-refractivity contribution >= 4 is 0 Å². The highest BCUT2D eigenvalue weighted by Crippen LogP contribution is 2.73. The molecule has 4 spiro atoms. The smallest absolute Gasteiger partial charge is 0.255 e. The first-order chi connectivity index (χ1) is 24.1. The van der Waals surface area contributed by atoms with Crippen LogP contribution < -0.4 is 0 Å². The van der Waals surface area contributed by atoms with E-state index in [1.807, 2.05) is 19.6 Å². The van der Waals surface area contributed by atoms with Crippen LogP contribution in [0.25, 0.3) is 0 Å². The molecule has 4 saturated carbocycles. The van der Waals surface area contributed by atoms with Gasteiger partial charge in [-0.05, 0) is 51.4 Å². The van der Waals surface area contributed by atoms with Gasteiger partial charge in [0.1, 0.15) is 0 Å². The molecule has 8 atom stereocenters. The molecule has 8 aliphatic heterocycles. The SMILES string of the molecule is OCC12CCN1C[C@@]1(C2)CC1(F)F.OCC12CCN1C[C@@]1(C2)CC1(F)F.OCC12CCN1C[C@]1(C2)CC1(F)F.OCC12CCN1C[C@]1(C2)CC1(F)F. The third-order valence-electron chi connectivity index (χ3n) is 16.7. The van der Waals surface area contributed by atoms with Crippen LogP contribution in [0.15, 0.2) is 0 Å². The molecule has 4 aliphatic carbocycles. The van der Waals surface area contributed by atoms with E-state index in [4.69, 9.17) is 0 Å². The Balaban J connectivity index is 0.0000000923. The highest BCUT2D eigenvalue weighted by molar-refractivity contribution is 5.26. The molecule has 4 N–H and O–H groups in total. The minimum Gasteiger partial charge on any atom is -0.394 e. The molecule has 16 heteroatoms. The minimum atomic E-state index is -2.45. The van der Waals surface area contributed by atoms with Crippen LogP contribution in [0.1, 0.15) is 77.0 Å². The Labute approximate surface area is 298 Å².